The molecule has 1 N–H and O–H groups in total. The van der Waals surface area contributed by atoms with E-state index >= 15 is 0 Å². The van der Waals surface area contributed by atoms with Crippen molar-refractivity contribution in [2.75, 3.05) is 19.6 Å². The Kier molecular flexibility index (Phi) is 6.95. The van der Waals surface area contributed by atoms with Crippen LogP contribution in [0.1, 0.15) is 45.9 Å². The van der Waals surface area contributed by atoms with Gasteiger partial charge in [-0.25, -0.2) is 4.39 Å². The highest BCUT2D eigenvalue weighted by molar-refractivity contribution is 5.10. The molecule has 19 heavy (non-hydrogen) atoms. The van der Waals surface area contributed by atoms with E-state index in [1.165, 1.54) is 12.3 Å². The molecule has 0 aliphatic rings. The standard InChI is InChI=1S/C15H26FN3/c1-5-14(15-9-8-13(16)10-17-15)18-12(4)11-19(6-2)7-3/h8-10,12,14,18H,5-7,11H2,1-4H3. The van der Waals surface area contributed by atoms with E-state index in [-0.39, 0.29) is 11.9 Å². The van der Waals surface area contributed by atoms with Gasteiger partial charge in [0.1, 0.15) is 5.82 Å². The van der Waals surface area contributed by atoms with Crippen LogP contribution in [0.2, 0.25) is 0 Å². The third-order valence-electron chi connectivity index (χ3n) is 3.43. The van der Waals surface area contributed by atoms with Gasteiger partial charge in [-0.2, -0.15) is 0 Å². The second-order valence-electron chi connectivity index (χ2n) is 4.92. The van der Waals surface area contributed by atoms with Crippen LogP contribution in [-0.4, -0.2) is 35.6 Å². The molecule has 0 aliphatic heterocycles. The van der Waals surface area contributed by atoms with Crippen LogP contribution in [0.5, 0.6) is 0 Å². The van der Waals surface area contributed by atoms with Gasteiger partial charge in [0.05, 0.1) is 11.9 Å². The Morgan fingerprint density at radius 2 is 1.95 bits per heavy atom. The third-order valence-corrected chi connectivity index (χ3v) is 3.43. The number of hydrogen-bond acceptors (Lipinski definition) is 3. The average molecular weight is 267 g/mol. The van der Waals surface area contributed by atoms with E-state index in [1.807, 2.05) is 0 Å². The van der Waals surface area contributed by atoms with Crippen molar-refractivity contribution < 1.29 is 4.39 Å². The maximum Gasteiger partial charge on any atom is 0.141 e. The van der Waals surface area contributed by atoms with E-state index in [0.717, 1.165) is 31.7 Å². The smallest absolute Gasteiger partial charge is 0.141 e. The van der Waals surface area contributed by atoms with Crippen LogP contribution in [0.25, 0.3) is 0 Å². The first-order valence-electron chi connectivity index (χ1n) is 7.20. The van der Waals surface area contributed by atoms with E-state index < -0.39 is 0 Å². The minimum atomic E-state index is -0.283. The van der Waals surface area contributed by atoms with E-state index in [9.17, 15) is 4.39 Å². The van der Waals surface area contributed by atoms with Crippen LogP contribution < -0.4 is 5.32 Å². The molecule has 3 nitrogen and oxygen atoms in total. The summed E-state index contributed by atoms with van der Waals surface area (Å²) in [6.45, 7) is 11.8. The zero-order valence-corrected chi connectivity index (χ0v) is 12.5. The summed E-state index contributed by atoms with van der Waals surface area (Å²) in [4.78, 5) is 6.56. The van der Waals surface area contributed by atoms with E-state index in [4.69, 9.17) is 0 Å². The predicted molar refractivity (Wildman–Crippen MR) is 77.6 cm³/mol. The molecule has 0 amide bonds. The van der Waals surface area contributed by atoms with Crippen molar-refractivity contribution in [3.05, 3.63) is 29.8 Å². The predicted octanol–water partition coefficient (Wildman–Crippen LogP) is 2.99. The first kappa shape index (κ1) is 16.1. The molecule has 0 saturated carbocycles. The number of rotatable bonds is 8. The highest BCUT2D eigenvalue weighted by Gasteiger charge is 2.15. The van der Waals surface area contributed by atoms with Gasteiger partial charge in [0.25, 0.3) is 0 Å². The Balaban J connectivity index is 2.58. The summed E-state index contributed by atoms with van der Waals surface area (Å²) in [5, 5.41) is 3.57. The summed E-state index contributed by atoms with van der Waals surface area (Å²) >= 11 is 0. The Morgan fingerprint density at radius 3 is 2.42 bits per heavy atom. The summed E-state index contributed by atoms with van der Waals surface area (Å²) in [7, 11) is 0. The lowest BCUT2D eigenvalue weighted by atomic mass is 10.1. The van der Waals surface area contributed by atoms with Gasteiger partial charge in [-0.1, -0.05) is 20.8 Å². The quantitative estimate of drug-likeness (QED) is 0.785. The van der Waals surface area contributed by atoms with Gasteiger partial charge >= 0.3 is 0 Å². The highest BCUT2D eigenvalue weighted by Crippen LogP contribution is 2.15. The van der Waals surface area contributed by atoms with Gasteiger partial charge in [0, 0.05) is 18.6 Å². The molecule has 1 rings (SSSR count). The topological polar surface area (TPSA) is 28.2 Å². The third kappa shape index (κ3) is 5.25. The fraction of sp³-hybridized carbons (Fsp3) is 0.667. The molecule has 2 atom stereocenters. The molecule has 108 valence electrons. The Hall–Kier alpha value is -1.00. The number of nitrogens with zero attached hydrogens (tertiary/aromatic N) is 2. The first-order chi connectivity index (χ1) is 9.10. The van der Waals surface area contributed by atoms with Gasteiger partial charge in [-0.05, 0) is 38.6 Å². The Labute approximate surface area is 116 Å². The van der Waals surface area contributed by atoms with E-state index in [1.54, 1.807) is 6.07 Å². The van der Waals surface area contributed by atoms with Crippen molar-refractivity contribution >= 4 is 0 Å². The van der Waals surface area contributed by atoms with Crippen molar-refractivity contribution in [1.29, 1.82) is 0 Å². The zero-order valence-electron chi connectivity index (χ0n) is 12.5. The molecule has 0 spiro atoms. The van der Waals surface area contributed by atoms with Crippen molar-refractivity contribution in [3.63, 3.8) is 0 Å². The number of likely N-dealkylation sites (N-methyl/N-ethyl adjacent to an activating group) is 1. The highest BCUT2D eigenvalue weighted by atomic mass is 19.1. The van der Waals surface area contributed by atoms with Crippen LogP contribution in [-0.2, 0) is 0 Å². The molecular weight excluding hydrogens is 241 g/mol. The molecule has 0 aliphatic carbocycles. The van der Waals surface area contributed by atoms with Gasteiger partial charge in [0.15, 0.2) is 0 Å². The molecule has 1 aromatic heterocycles. The van der Waals surface area contributed by atoms with Crippen LogP contribution in [0, 0.1) is 5.82 Å². The Bertz CT molecular complexity index is 349. The van der Waals surface area contributed by atoms with Gasteiger partial charge in [-0.15, -0.1) is 0 Å². The SMILES string of the molecule is CCC(NC(C)CN(CC)CC)c1ccc(F)cn1. The maximum atomic E-state index is 12.9. The van der Waals surface area contributed by atoms with E-state index in [2.05, 4.69) is 42.9 Å². The number of nitrogens with one attached hydrogen (secondary N) is 1. The normalized spacial score (nSPS) is 14.6. The van der Waals surface area contributed by atoms with Gasteiger partial charge < -0.3 is 10.2 Å². The summed E-state index contributed by atoms with van der Waals surface area (Å²) in [6, 6.07) is 3.81. The van der Waals surface area contributed by atoms with Crippen LogP contribution in [0.3, 0.4) is 0 Å². The van der Waals surface area contributed by atoms with Crippen molar-refractivity contribution in [2.45, 2.75) is 46.2 Å². The second kappa shape index (κ2) is 8.23. The minimum absolute atomic E-state index is 0.186. The Morgan fingerprint density at radius 1 is 1.26 bits per heavy atom. The zero-order chi connectivity index (χ0) is 14.3. The molecule has 1 heterocycles. The van der Waals surface area contributed by atoms with Crippen LogP contribution in [0.15, 0.2) is 18.3 Å². The van der Waals surface area contributed by atoms with Gasteiger partial charge in [-0.3, -0.25) is 4.98 Å². The molecule has 4 heteroatoms. The maximum absolute atomic E-state index is 12.9. The molecule has 0 radical (unpaired) electrons. The summed E-state index contributed by atoms with van der Waals surface area (Å²) in [5.74, 6) is -0.283. The molecule has 0 saturated heterocycles. The summed E-state index contributed by atoms with van der Waals surface area (Å²) in [6.07, 6.45) is 2.23. The van der Waals surface area contributed by atoms with Crippen LogP contribution in [0.4, 0.5) is 4.39 Å². The van der Waals surface area contributed by atoms with Crippen molar-refractivity contribution in [2.24, 2.45) is 0 Å². The van der Waals surface area contributed by atoms with Crippen molar-refractivity contribution in [3.8, 4) is 0 Å². The number of hydrogen-bond donors (Lipinski definition) is 1. The molecule has 0 bridgehead atoms. The van der Waals surface area contributed by atoms with Crippen molar-refractivity contribution in [1.82, 2.24) is 15.2 Å². The second-order valence-corrected chi connectivity index (χ2v) is 4.92. The number of pyridine rings is 1. The molecule has 0 aromatic carbocycles. The minimum Gasteiger partial charge on any atom is -0.305 e. The number of aromatic nitrogens is 1. The molecule has 0 fully saturated rings. The lowest BCUT2D eigenvalue weighted by molar-refractivity contribution is 0.259. The summed E-state index contributed by atoms with van der Waals surface area (Å²) < 4.78 is 12.9. The monoisotopic (exact) mass is 267 g/mol. The first-order valence-corrected chi connectivity index (χ1v) is 7.20. The average Bonchev–Trinajstić information content (AvgIpc) is 2.43. The molecule has 2 unspecified atom stereocenters. The van der Waals surface area contributed by atoms with Crippen LogP contribution >= 0.6 is 0 Å². The largest absolute Gasteiger partial charge is 0.305 e. The number of halogens is 1. The molecule has 1 aromatic rings. The lowest BCUT2D eigenvalue weighted by Crippen LogP contribution is -2.40. The fourth-order valence-electron chi connectivity index (χ4n) is 2.27. The molecular formula is C15H26FN3. The lowest BCUT2D eigenvalue weighted by Gasteiger charge is -2.27. The fourth-order valence-corrected chi connectivity index (χ4v) is 2.27. The van der Waals surface area contributed by atoms with Gasteiger partial charge in [0.2, 0.25) is 0 Å². The summed E-state index contributed by atoms with van der Waals surface area (Å²) in [5.41, 5.74) is 0.912. The van der Waals surface area contributed by atoms with E-state index in [0.29, 0.717) is 6.04 Å².